The van der Waals surface area contributed by atoms with Crippen LogP contribution in [0.3, 0.4) is 0 Å². The van der Waals surface area contributed by atoms with E-state index in [4.69, 9.17) is 5.11 Å². The third-order valence-electron chi connectivity index (χ3n) is 4.18. The maximum atomic E-state index is 12.2. The molecule has 0 spiro atoms. The van der Waals surface area contributed by atoms with E-state index in [0.717, 1.165) is 11.3 Å². The average molecular weight is 366 g/mol. The van der Waals surface area contributed by atoms with Crippen LogP contribution in [0.1, 0.15) is 32.7 Å². The number of carboxylic acid groups (broad SMARTS) is 1. The maximum Gasteiger partial charge on any atom is 0.337 e. The first-order valence-electron chi connectivity index (χ1n) is 8.31. The van der Waals surface area contributed by atoms with E-state index in [-0.39, 0.29) is 11.5 Å². The fourth-order valence-electron chi connectivity index (χ4n) is 2.81. The van der Waals surface area contributed by atoms with Crippen molar-refractivity contribution in [2.24, 2.45) is 0 Å². The van der Waals surface area contributed by atoms with E-state index < -0.39 is 11.9 Å². The Morgan fingerprint density at radius 2 is 1.85 bits per heavy atom. The Balaban J connectivity index is 1.64. The maximum absolute atomic E-state index is 12.2. The van der Waals surface area contributed by atoms with Gasteiger partial charge in [-0.25, -0.2) is 9.59 Å². The van der Waals surface area contributed by atoms with E-state index in [9.17, 15) is 14.4 Å². The molecule has 0 bridgehead atoms. The van der Waals surface area contributed by atoms with Crippen LogP contribution in [0.4, 0.5) is 11.4 Å². The first kappa shape index (κ1) is 18.2. The molecule has 0 aliphatic carbocycles. The van der Waals surface area contributed by atoms with Gasteiger partial charge in [-0.05, 0) is 42.8 Å². The van der Waals surface area contributed by atoms with Crippen molar-refractivity contribution < 1.29 is 24.2 Å². The summed E-state index contributed by atoms with van der Waals surface area (Å²) < 4.78 is 4.68. The minimum absolute atomic E-state index is 0.210. The number of rotatable bonds is 6. The van der Waals surface area contributed by atoms with Gasteiger partial charge < -0.3 is 20.5 Å². The number of fused-ring (bicyclic) bond motifs is 1. The lowest BCUT2D eigenvalue weighted by Gasteiger charge is -2.05. The number of aromatic carboxylic acids is 1. The normalized spacial score (nSPS) is 13.8. The number of benzene rings is 2. The molecule has 0 radical (unpaired) electrons. The molecule has 0 unspecified atom stereocenters. The SMILES string of the molecule is COC(=O)c1ccc2c(c1)NC(=O)C2=CCCNc1ccc(C(=O)O)cc1. The number of hydrogen-bond acceptors (Lipinski definition) is 5. The minimum Gasteiger partial charge on any atom is -0.478 e. The van der Waals surface area contributed by atoms with Crippen molar-refractivity contribution in [1.29, 1.82) is 0 Å². The number of amides is 1. The summed E-state index contributed by atoms with van der Waals surface area (Å²) in [6, 6.07) is 11.4. The van der Waals surface area contributed by atoms with Gasteiger partial charge >= 0.3 is 11.9 Å². The van der Waals surface area contributed by atoms with Crippen molar-refractivity contribution >= 4 is 34.8 Å². The van der Waals surface area contributed by atoms with Gasteiger partial charge in [-0.3, -0.25) is 4.79 Å². The van der Waals surface area contributed by atoms with Gasteiger partial charge in [0.25, 0.3) is 5.91 Å². The predicted molar refractivity (Wildman–Crippen MR) is 101 cm³/mol. The van der Waals surface area contributed by atoms with Crippen LogP contribution >= 0.6 is 0 Å². The summed E-state index contributed by atoms with van der Waals surface area (Å²) in [5.74, 6) is -1.63. The van der Waals surface area contributed by atoms with Crippen LogP contribution in [0, 0.1) is 0 Å². The molecule has 27 heavy (non-hydrogen) atoms. The van der Waals surface area contributed by atoms with Crippen molar-refractivity contribution in [3.63, 3.8) is 0 Å². The lowest BCUT2D eigenvalue weighted by atomic mass is 10.0. The van der Waals surface area contributed by atoms with E-state index >= 15 is 0 Å². The van der Waals surface area contributed by atoms with E-state index in [1.54, 1.807) is 30.3 Å². The summed E-state index contributed by atoms with van der Waals surface area (Å²) >= 11 is 0. The average Bonchev–Trinajstić information content (AvgIpc) is 2.99. The number of anilines is 2. The number of esters is 1. The first-order chi connectivity index (χ1) is 13.0. The molecular weight excluding hydrogens is 348 g/mol. The zero-order valence-corrected chi connectivity index (χ0v) is 14.6. The second-order valence-corrected chi connectivity index (χ2v) is 5.92. The minimum atomic E-state index is -0.965. The number of nitrogens with one attached hydrogen (secondary N) is 2. The fraction of sp³-hybridized carbons (Fsp3) is 0.150. The number of ether oxygens (including phenoxy) is 1. The van der Waals surface area contributed by atoms with Gasteiger partial charge in [-0.2, -0.15) is 0 Å². The van der Waals surface area contributed by atoms with Crippen LogP contribution in [-0.4, -0.2) is 36.6 Å². The first-order valence-corrected chi connectivity index (χ1v) is 8.31. The molecule has 7 heteroatoms. The van der Waals surface area contributed by atoms with Crippen LogP contribution < -0.4 is 10.6 Å². The summed E-state index contributed by atoms with van der Waals surface area (Å²) in [6.07, 6.45) is 2.43. The van der Waals surface area contributed by atoms with Crippen LogP contribution in [0.25, 0.3) is 5.57 Å². The zero-order valence-electron chi connectivity index (χ0n) is 14.6. The monoisotopic (exact) mass is 366 g/mol. The Labute approximate surface area is 155 Å². The summed E-state index contributed by atoms with van der Waals surface area (Å²) in [7, 11) is 1.31. The van der Waals surface area contributed by atoms with E-state index in [0.29, 0.717) is 29.8 Å². The van der Waals surface area contributed by atoms with Crippen molar-refractivity contribution in [2.75, 3.05) is 24.3 Å². The number of methoxy groups -OCH3 is 1. The lowest BCUT2D eigenvalue weighted by molar-refractivity contribution is -0.110. The second kappa shape index (κ2) is 7.74. The molecule has 1 amide bonds. The Hall–Kier alpha value is -3.61. The predicted octanol–water partition coefficient (Wildman–Crippen LogP) is 3.01. The molecule has 0 atom stereocenters. The molecule has 2 aromatic rings. The zero-order chi connectivity index (χ0) is 19.4. The Bertz CT molecular complexity index is 932. The molecule has 7 nitrogen and oxygen atoms in total. The van der Waals surface area contributed by atoms with Crippen molar-refractivity contribution in [2.45, 2.75) is 6.42 Å². The Kier molecular flexibility index (Phi) is 5.21. The lowest BCUT2D eigenvalue weighted by Crippen LogP contribution is -2.05. The molecule has 0 saturated heterocycles. The van der Waals surface area contributed by atoms with E-state index in [1.165, 1.54) is 19.2 Å². The highest BCUT2D eigenvalue weighted by atomic mass is 16.5. The summed E-state index contributed by atoms with van der Waals surface area (Å²) in [5, 5.41) is 14.8. The standard InChI is InChI=1S/C20H18N2O5/c1-27-20(26)13-6-9-15-16(18(23)22-17(15)11-13)3-2-10-21-14-7-4-12(5-8-14)19(24)25/h3-9,11,21H,2,10H2,1H3,(H,22,23)(H,24,25). The molecule has 0 fully saturated rings. The molecule has 3 N–H and O–H groups in total. The summed E-state index contributed by atoms with van der Waals surface area (Å²) in [4.78, 5) is 34.6. The van der Waals surface area contributed by atoms with Crippen molar-refractivity contribution in [3.05, 3.63) is 65.2 Å². The molecule has 1 aliphatic heterocycles. The molecule has 1 heterocycles. The highest BCUT2D eigenvalue weighted by Crippen LogP contribution is 2.32. The summed E-state index contributed by atoms with van der Waals surface area (Å²) in [6.45, 7) is 0.582. The molecule has 0 aromatic heterocycles. The van der Waals surface area contributed by atoms with Gasteiger partial charge in [0.1, 0.15) is 0 Å². The van der Waals surface area contributed by atoms with Crippen molar-refractivity contribution in [1.82, 2.24) is 0 Å². The molecule has 2 aromatic carbocycles. The van der Waals surface area contributed by atoms with Crippen molar-refractivity contribution in [3.8, 4) is 0 Å². The van der Waals surface area contributed by atoms with E-state index in [1.807, 2.05) is 6.08 Å². The van der Waals surface area contributed by atoms with Crippen LogP contribution in [0.15, 0.2) is 48.5 Å². The van der Waals surface area contributed by atoms with Gasteiger partial charge in [-0.15, -0.1) is 0 Å². The van der Waals surface area contributed by atoms with Gasteiger partial charge in [-0.1, -0.05) is 12.1 Å². The number of carbonyl (C=O) groups excluding carboxylic acids is 2. The van der Waals surface area contributed by atoms with Gasteiger partial charge in [0.15, 0.2) is 0 Å². The van der Waals surface area contributed by atoms with Gasteiger partial charge in [0.2, 0.25) is 0 Å². The molecule has 0 saturated carbocycles. The highest BCUT2D eigenvalue weighted by Gasteiger charge is 2.24. The molecule has 3 rings (SSSR count). The third kappa shape index (κ3) is 3.98. The van der Waals surface area contributed by atoms with Crippen LogP contribution in [0.5, 0.6) is 0 Å². The number of carboxylic acids is 1. The van der Waals surface area contributed by atoms with Crippen LogP contribution in [0.2, 0.25) is 0 Å². The third-order valence-corrected chi connectivity index (χ3v) is 4.18. The topological polar surface area (TPSA) is 105 Å². The molecule has 138 valence electrons. The fourth-order valence-corrected chi connectivity index (χ4v) is 2.81. The quantitative estimate of drug-likeness (QED) is 0.412. The highest BCUT2D eigenvalue weighted by molar-refractivity contribution is 6.31. The smallest absolute Gasteiger partial charge is 0.337 e. The van der Waals surface area contributed by atoms with Crippen LogP contribution in [-0.2, 0) is 9.53 Å². The Morgan fingerprint density at radius 1 is 1.15 bits per heavy atom. The Morgan fingerprint density at radius 3 is 2.52 bits per heavy atom. The van der Waals surface area contributed by atoms with Gasteiger partial charge in [0, 0.05) is 29.1 Å². The van der Waals surface area contributed by atoms with Gasteiger partial charge in [0.05, 0.1) is 18.2 Å². The van der Waals surface area contributed by atoms with E-state index in [2.05, 4.69) is 15.4 Å². The number of hydrogen-bond donors (Lipinski definition) is 3. The molecular formula is C20H18N2O5. The number of carbonyl (C=O) groups is 3. The molecule has 1 aliphatic rings. The largest absolute Gasteiger partial charge is 0.478 e. The summed E-state index contributed by atoms with van der Waals surface area (Å²) in [5.41, 5.74) is 3.31. The second-order valence-electron chi connectivity index (χ2n) is 5.92.